The number of rotatable bonds is 3. The van der Waals surface area contributed by atoms with Gasteiger partial charge in [-0.2, -0.15) is 0 Å². The van der Waals surface area contributed by atoms with E-state index in [0.717, 1.165) is 6.29 Å². The summed E-state index contributed by atoms with van der Waals surface area (Å²) in [5.41, 5.74) is -0.569. The molecule has 1 amide bonds. The number of carbonyl (C=O) groups excluding carboxylic acids is 2. The first-order valence-electron chi connectivity index (χ1n) is 6.12. The number of amides is 1. The summed E-state index contributed by atoms with van der Waals surface area (Å²) in [5, 5.41) is 12.0. The number of alkyl carbamates (subject to hydrolysis) is 1. The SMILES string of the molecule is CC(C)(C)OC(=O)NCC(=S)N1CC(O)CC1C=O. The lowest BCUT2D eigenvalue weighted by molar-refractivity contribution is -0.110. The van der Waals surface area contributed by atoms with Gasteiger partial charge in [0.15, 0.2) is 0 Å². The van der Waals surface area contributed by atoms with E-state index in [9.17, 15) is 14.7 Å². The number of ether oxygens (including phenoxy) is 1. The largest absolute Gasteiger partial charge is 0.444 e. The highest BCUT2D eigenvalue weighted by molar-refractivity contribution is 7.80. The van der Waals surface area contributed by atoms with Crippen LogP contribution in [0.2, 0.25) is 0 Å². The van der Waals surface area contributed by atoms with E-state index in [4.69, 9.17) is 17.0 Å². The van der Waals surface area contributed by atoms with Crippen molar-refractivity contribution in [2.45, 2.75) is 44.9 Å². The van der Waals surface area contributed by atoms with Crippen LogP contribution in [0.5, 0.6) is 0 Å². The Hall–Kier alpha value is -1.21. The van der Waals surface area contributed by atoms with Crippen molar-refractivity contribution in [2.75, 3.05) is 13.1 Å². The summed E-state index contributed by atoms with van der Waals surface area (Å²) in [6.07, 6.45) is 0.0124. The van der Waals surface area contributed by atoms with Gasteiger partial charge >= 0.3 is 6.09 Å². The van der Waals surface area contributed by atoms with Crippen molar-refractivity contribution < 1.29 is 19.4 Å². The quantitative estimate of drug-likeness (QED) is 0.581. The third-order valence-electron chi connectivity index (χ3n) is 2.58. The Morgan fingerprint density at radius 2 is 2.21 bits per heavy atom. The molecule has 2 atom stereocenters. The number of nitrogens with zero attached hydrogens (tertiary/aromatic N) is 1. The Balaban J connectivity index is 2.43. The van der Waals surface area contributed by atoms with E-state index < -0.39 is 23.8 Å². The first kappa shape index (κ1) is 15.8. The molecule has 6 nitrogen and oxygen atoms in total. The summed E-state index contributed by atoms with van der Waals surface area (Å²) in [6.45, 7) is 5.73. The van der Waals surface area contributed by atoms with E-state index >= 15 is 0 Å². The van der Waals surface area contributed by atoms with Crippen LogP contribution in [-0.2, 0) is 9.53 Å². The van der Waals surface area contributed by atoms with Gasteiger partial charge in [0.05, 0.1) is 23.7 Å². The summed E-state index contributed by atoms with van der Waals surface area (Å²) in [5.74, 6) is 0. The zero-order chi connectivity index (χ0) is 14.6. The Morgan fingerprint density at radius 3 is 2.74 bits per heavy atom. The number of likely N-dealkylation sites (tertiary alicyclic amines) is 1. The Kier molecular flexibility index (Phi) is 5.25. The predicted molar refractivity (Wildman–Crippen MR) is 74.0 cm³/mol. The minimum Gasteiger partial charge on any atom is -0.444 e. The molecule has 0 spiro atoms. The van der Waals surface area contributed by atoms with Crippen LogP contribution >= 0.6 is 12.2 Å². The molecule has 7 heteroatoms. The second-order valence-corrected chi connectivity index (χ2v) is 5.97. The smallest absolute Gasteiger partial charge is 0.408 e. The molecule has 1 aliphatic heterocycles. The Bertz CT molecular complexity index is 367. The van der Waals surface area contributed by atoms with Crippen LogP contribution in [-0.4, -0.2) is 58.2 Å². The lowest BCUT2D eigenvalue weighted by atomic mass is 10.2. The maximum Gasteiger partial charge on any atom is 0.408 e. The van der Waals surface area contributed by atoms with Gasteiger partial charge in [0.2, 0.25) is 0 Å². The van der Waals surface area contributed by atoms with Gasteiger partial charge in [-0.1, -0.05) is 12.2 Å². The highest BCUT2D eigenvalue weighted by Crippen LogP contribution is 2.16. The molecule has 0 saturated carbocycles. The zero-order valence-corrected chi connectivity index (χ0v) is 12.2. The number of hydrogen-bond donors (Lipinski definition) is 2. The minimum absolute atomic E-state index is 0.112. The van der Waals surface area contributed by atoms with Crippen molar-refractivity contribution in [3.8, 4) is 0 Å². The highest BCUT2D eigenvalue weighted by atomic mass is 32.1. The lowest BCUT2D eigenvalue weighted by Gasteiger charge is -2.24. The van der Waals surface area contributed by atoms with Crippen molar-refractivity contribution in [1.29, 1.82) is 0 Å². The molecule has 0 aromatic rings. The molecule has 1 fully saturated rings. The fraction of sp³-hybridized carbons (Fsp3) is 0.750. The molecule has 1 heterocycles. The van der Waals surface area contributed by atoms with Crippen molar-refractivity contribution in [3.63, 3.8) is 0 Å². The number of aliphatic hydroxyl groups excluding tert-OH is 1. The van der Waals surface area contributed by atoms with E-state index in [1.807, 2.05) is 0 Å². The van der Waals surface area contributed by atoms with Gasteiger partial charge in [0.1, 0.15) is 11.9 Å². The average molecular weight is 288 g/mol. The Labute approximate surface area is 118 Å². The van der Waals surface area contributed by atoms with Crippen molar-refractivity contribution >= 4 is 29.6 Å². The molecule has 19 heavy (non-hydrogen) atoms. The molecule has 2 N–H and O–H groups in total. The maximum absolute atomic E-state index is 11.5. The molecule has 0 aliphatic carbocycles. The molecule has 0 bridgehead atoms. The standard InChI is InChI=1S/C12H20N2O4S/c1-12(2,3)18-11(17)13-5-10(19)14-6-9(16)4-8(14)7-15/h7-9,16H,4-6H2,1-3H3,(H,13,17). The van der Waals surface area contributed by atoms with Gasteiger partial charge in [-0.3, -0.25) is 0 Å². The van der Waals surface area contributed by atoms with Gasteiger partial charge in [0.25, 0.3) is 0 Å². The zero-order valence-electron chi connectivity index (χ0n) is 11.4. The molecular weight excluding hydrogens is 268 g/mol. The van der Waals surface area contributed by atoms with E-state index in [2.05, 4.69) is 5.32 Å². The number of carbonyl (C=O) groups is 2. The minimum atomic E-state index is -0.569. The average Bonchev–Trinajstić information content (AvgIpc) is 2.65. The number of hydrogen-bond acceptors (Lipinski definition) is 5. The highest BCUT2D eigenvalue weighted by Gasteiger charge is 2.32. The number of aldehydes is 1. The number of aliphatic hydroxyl groups is 1. The van der Waals surface area contributed by atoms with Gasteiger partial charge in [-0.15, -0.1) is 0 Å². The number of thiocarbonyl (C=S) groups is 1. The molecule has 0 aromatic carbocycles. The van der Waals surface area contributed by atoms with Crippen LogP contribution in [0.4, 0.5) is 4.79 Å². The molecule has 1 aliphatic rings. The molecule has 0 radical (unpaired) electrons. The second kappa shape index (κ2) is 6.29. The fourth-order valence-electron chi connectivity index (χ4n) is 1.82. The summed E-state index contributed by atoms with van der Waals surface area (Å²) in [7, 11) is 0. The van der Waals surface area contributed by atoms with Gasteiger partial charge in [-0.05, 0) is 20.8 Å². The van der Waals surface area contributed by atoms with Crippen LogP contribution < -0.4 is 5.32 Å². The van der Waals surface area contributed by atoms with Gasteiger partial charge < -0.3 is 24.9 Å². The summed E-state index contributed by atoms with van der Waals surface area (Å²) in [4.78, 5) is 24.4. The molecule has 108 valence electrons. The monoisotopic (exact) mass is 288 g/mol. The number of β-amino-alcohol motifs (C(OH)–C–C–N with tert-alkyl or cyclic N) is 1. The first-order chi connectivity index (χ1) is 8.73. The van der Waals surface area contributed by atoms with Crippen molar-refractivity contribution in [1.82, 2.24) is 10.2 Å². The predicted octanol–water partition coefficient (Wildman–Crippen LogP) is 0.473. The summed E-state index contributed by atoms with van der Waals surface area (Å²) >= 11 is 5.16. The topological polar surface area (TPSA) is 78.9 Å². The summed E-state index contributed by atoms with van der Waals surface area (Å²) < 4.78 is 5.08. The van der Waals surface area contributed by atoms with E-state index in [1.54, 1.807) is 25.7 Å². The van der Waals surface area contributed by atoms with E-state index in [1.165, 1.54) is 0 Å². The van der Waals surface area contributed by atoms with E-state index in [0.29, 0.717) is 18.0 Å². The van der Waals surface area contributed by atoms with Crippen molar-refractivity contribution in [3.05, 3.63) is 0 Å². The maximum atomic E-state index is 11.5. The van der Waals surface area contributed by atoms with Crippen LogP contribution in [0.1, 0.15) is 27.2 Å². The Morgan fingerprint density at radius 1 is 1.58 bits per heavy atom. The first-order valence-corrected chi connectivity index (χ1v) is 6.53. The van der Waals surface area contributed by atoms with E-state index in [-0.39, 0.29) is 6.54 Å². The fourth-order valence-corrected chi connectivity index (χ4v) is 2.10. The lowest BCUT2D eigenvalue weighted by Crippen LogP contribution is -2.43. The molecule has 1 rings (SSSR count). The summed E-state index contributed by atoms with van der Waals surface area (Å²) in [6, 6.07) is -0.414. The third-order valence-corrected chi connectivity index (χ3v) is 2.96. The van der Waals surface area contributed by atoms with Crippen LogP contribution in [0.15, 0.2) is 0 Å². The normalized spacial score (nSPS) is 23.1. The second-order valence-electron chi connectivity index (χ2n) is 5.49. The molecule has 1 saturated heterocycles. The molecule has 2 unspecified atom stereocenters. The van der Waals surface area contributed by atoms with Gasteiger partial charge in [-0.25, -0.2) is 4.79 Å². The van der Waals surface area contributed by atoms with Gasteiger partial charge in [0, 0.05) is 13.0 Å². The van der Waals surface area contributed by atoms with Crippen LogP contribution in [0.3, 0.4) is 0 Å². The van der Waals surface area contributed by atoms with Crippen molar-refractivity contribution in [2.24, 2.45) is 0 Å². The third kappa shape index (κ3) is 5.12. The molecule has 0 aromatic heterocycles. The number of nitrogens with one attached hydrogen (secondary N) is 1. The molecular formula is C12H20N2O4S. The van der Waals surface area contributed by atoms with Crippen LogP contribution in [0.25, 0.3) is 0 Å². The van der Waals surface area contributed by atoms with Crippen LogP contribution in [0, 0.1) is 0 Å².